The van der Waals surface area contributed by atoms with Crippen LogP contribution in [0.15, 0.2) is 48.5 Å². The van der Waals surface area contributed by atoms with E-state index in [-0.39, 0.29) is 11.8 Å². The number of amides is 1. The van der Waals surface area contributed by atoms with Gasteiger partial charge in [-0.2, -0.15) is 0 Å². The maximum Gasteiger partial charge on any atom is 0.227 e. The number of nitrogens with zero attached hydrogens (tertiary/aromatic N) is 3. The minimum atomic E-state index is 0.134. The zero-order chi connectivity index (χ0) is 19.0. The molecule has 3 aromatic rings. The van der Waals surface area contributed by atoms with Gasteiger partial charge in [-0.1, -0.05) is 44.5 Å². The SMILES string of the molecule is CC[C@@H](C)Cn1c([C@H]2CC(=O)N(c3cccc(C)c3)C2)nc2ccccc21. The van der Waals surface area contributed by atoms with Crippen LogP contribution in [-0.4, -0.2) is 22.0 Å². The molecule has 27 heavy (non-hydrogen) atoms. The van der Waals surface area contributed by atoms with Crippen LogP contribution >= 0.6 is 0 Å². The number of aryl methyl sites for hydroxylation is 1. The van der Waals surface area contributed by atoms with Crippen molar-refractivity contribution < 1.29 is 4.79 Å². The number of fused-ring (bicyclic) bond motifs is 1. The summed E-state index contributed by atoms with van der Waals surface area (Å²) in [6, 6.07) is 16.5. The lowest BCUT2D eigenvalue weighted by Crippen LogP contribution is -2.24. The van der Waals surface area contributed by atoms with Gasteiger partial charge in [0.2, 0.25) is 5.91 Å². The van der Waals surface area contributed by atoms with Gasteiger partial charge in [-0.15, -0.1) is 0 Å². The van der Waals surface area contributed by atoms with Crippen LogP contribution in [-0.2, 0) is 11.3 Å². The first-order chi connectivity index (χ1) is 13.1. The molecular weight excluding hydrogens is 334 g/mol. The van der Waals surface area contributed by atoms with Crippen molar-refractivity contribution in [1.29, 1.82) is 0 Å². The first-order valence-electron chi connectivity index (χ1n) is 9.89. The van der Waals surface area contributed by atoms with Crippen molar-refractivity contribution in [3.8, 4) is 0 Å². The lowest BCUT2D eigenvalue weighted by Gasteiger charge is -2.19. The second-order valence-electron chi connectivity index (χ2n) is 7.83. The number of imidazole rings is 1. The van der Waals surface area contributed by atoms with Gasteiger partial charge in [-0.3, -0.25) is 4.79 Å². The Morgan fingerprint density at radius 2 is 2.00 bits per heavy atom. The third-order valence-corrected chi connectivity index (χ3v) is 5.68. The molecule has 1 fully saturated rings. The topological polar surface area (TPSA) is 38.1 Å². The molecule has 0 radical (unpaired) electrons. The Kier molecular flexibility index (Phi) is 4.73. The number of carbonyl (C=O) groups is 1. The van der Waals surface area contributed by atoms with Gasteiger partial charge in [-0.05, 0) is 42.7 Å². The van der Waals surface area contributed by atoms with Crippen LogP contribution in [0.25, 0.3) is 11.0 Å². The zero-order valence-electron chi connectivity index (χ0n) is 16.4. The van der Waals surface area contributed by atoms with Gasteiger partial charge in [0.05, 0.1) is 11.0 Å². The second kappa shape index (κ2) is 7.18. The largest absolute Gasteiger partial charge is 0.327 e. The maximum absolute atomic E-state index is 12.8. The fourth-order valence-electron chi connectivity index (χ4n) is 3.96. The number of aromatic nitrogens is 2. The van der Waals surface area contributed by atoms with E-state index in [0.717, 1.165) is 30.0 Å². The van der Waals surface area contributed by atoms with Crippen LogP contribution in [0.4, 0.5) is 5.69 Å². The molecule has 4 heteroatoms. The molecule has 1 aromatic heterocycles. The highest BCUT2D eigenvalue weighted by molar-refractivity contribution is 5.96. The maximum atomic E-state index is 12.8. The first kappa shape index (κ1) is 17.8. The molecule has 4 rings (SSSR count). The predicted octanol–water partition coefficient (Wildman–Crippen LogP) is 4.91. The Morgan fingerprint density at radius 3 is 2.78 bits per heavy atom. The quantitative estimate of drug-likeness (QED) is 0.647. The van der Waals surface area contributed by atoms with Crippen molar-refractivity contribution in [2.24, 2.45) is 5.92 Å². The number of para-hydroxylation sites is 2. The van der Waals surface area contributed by atoms with Crippen molar-refractivity contribution >= 4 is 22.6 Å². The van der Waals surface area contributed by atoms with Crippen LogP contribution in [0, 0.1) is 12.8 Å². The third kappa shape index (κ3) is 3.36. The Labute approximate surface area is 160 Å². The summed E-state index contributed by atoms with van der Waals surface area (Å²) in [5.74, 6) is 1.95. The number of hydrogen-bond acceptors (Lipinski definition) is 2. The van der Waals surface area contributed by atoms with E-state index < -0.39 is 0 Å². The van der Waals surface area contributed by atoms with E-state index in [1.54, 1.807) is 0 Å². The summed E-state index contributed by atoms with van der Waals surface area (Å²) in [6.07, 6.45) is 1.66. The fraction of sp³-hybridized carbons (Fsp3) is 0.391. The molecule has 0 spiro atoms. The number of benzene rings is 2. The van der Waals surface area contributed by atoms with Crippen LogP contribution in [0.1, 0.15) is 44.0 Å². The summed E-state index contributed by atoms with van der Waals surface area (Å²) in [5.41, 5.74) is 4.37. The van der Waals surface area contributed by atoms with E-state index in [4.69, 9.17) is 4.98 Å². The van der Waals surface area contributed by atoms with Crippen molar-refractivity contribution in [1.82, 2.24) is 9.55 Å². The summed E-state index contributed by atoms with van der Waals surface area (Å²) in [4.78, 5) is 19.6. The molecule has 0 bridgehead atoms. The first-order valence-corrected chi connectivity index (χ1v) is 9.89. The summed E-state index contributed by atoms with van der Waals surface area (Å²) < 4.78 is 2.35. The van der Waals surface area contributed by atoms with Gasteiger partial charge >= 0.3 is 0 Å². The Bertz CT molecular complexity index is 975. The molecule has 0 N–H and O–H groups in total. The van der Waals surface area contributed by atoms with Gasteiger partial charge in [0.15, 0.2) is 0 Å². The summed E-state index contributed by atoms with van der Waals surface area (Å²) in [5, 5.41) is 0. The van der Waals surface area contributed by atoms with Crippen molar-refractivity contribution in [3.63, 3.8) is 0 Å². The zero-order valence-corrected chi connectivity index (χ0v) is 16.4. The van der Waals surface area contributed by atoms with Crippen LogP contribution < -0.4 is 4.90 Å². The smallest absolute Gasteiger partial charge is 0.227 e. The average molecular weight is 361 g/mol. The average Bonchev–Trinajstić information content (AvgIpc) is 3.22. The monoisotopic (exact) mass is 361 g/mol. The molecule has 4 nitrogen and oxygen atoms in total. The highest BCUT2D eigenvalue weighted by Gasteiger charge is 2.35. The molecule has 1 amide bonds. The Morgan fingerprint density at radius 1 is 1.19 bits per heavy atom. The predicted molar refractivity (Wildman–Crippen MR) is 110 cm³/mol. The minimum Gasteiger partial charge on any atom is -0.327 e. The molecule has 2 heterocycles. The van der Waals surface area contributed by atoms with E-state index in [2.05, 4.69) is 55.7 Å². The second-order valence-corrected chi connectivity index (χ2v) is 7.83. The Hall–Kier alpha value is -2.62. The highest BCUT2D eigenvalue weighted by Crippen LogP contribution is 2.34. The molecule has 2 atom stereocenters. The Balaban J connectivity index is 1.70. The van der Waals surface area contributed by atoms with E-state index in [0.29, 0.717) is 18.9 Å². The fourth-order valence-corrected chi connectivity index (χ4v) is 3.96. The summed E-state index contributed by atoms with van der Waals surface area (Å²) in [7, 11) is 0. The van der Waals surface area contributed by atoms with Crippen molar-refractivity contribution in [2.75, 3.05) is 11.4 Å². The number of anilines is 1. The van der Waals surface area contributed by atoms with Gasteiger partial charge in [0.1, 0.15) is 5.82 Å². The third-order valence-electron chi connectivity index (χ3n) is 5.68. The minimum absolute atomic E-state index is 0.134. The van der Waals surface area contributed by atoms with Crippen molar-refractivity contribution in [2.45, 2.75) is 46.1 Å². The highest BCUT2D eigenvalue weighted by atomic mass is 16.2. The van der Waals surface area contributed by atoms with Gasteiger partial charge in [0.25, 0.3) is 0 Å². The van der Waals surface area contributed by atoms with Crippen LogP contribution in [0.5, 0.6) is 0 Å². The van der Waals surface area contributed by atoms with E-state index in [1.807, 2.05) is 23.1 Å². The van der Waals surface area contributed by atoms with Crippen LogP contribution in [0.3, 0.4) is 0 Å². The van der Waals surface area contributed by atoms with Gasteiger partial charge in [-0.25, -0.2) is 4.98 Å². The van der Waals surface area contributed by atoms with Gasteiger partial charge < -0.3 is 9.47 Å². The molecule has 0 saturated carbocycles. The number of carbonyl (C=O) groups excluding carboxylic acids is 1. The van der Waals surface area contributed by atoms with Crippen molar-refractivity contribution in [3.05, 3.63) is 59.9 Å². The summed E-state index contributed by atoms with van der Waals surface area (Å²) in [6.45, 7) is 8.21. The molecule has 1 aliphatic rings. The molecule has 0 unspecified atom stereocenters. The summed E-state index contributed by atoms with van der Waals surface area (Å²) >= 11 is 0. The van der Waals surface area contributed by atoms with Crippen LogP contribution in [0.2, 0.25) is 0 Å². The molecule has 1 aliphatic heterocycles. The van der Waals surface area contributed by atoms with E-state index >= 15 is 0 Å². The van der Waals surface area contributed by atoms with E-state index in [1.165, 1.54) is 11.1 Å². The normalized spacial score (nSPS) is 18.4. The van der Waals surface area contributed by atoms with Gasteiger partial charge in [0, 0.05) is 31.1 Å². The molecular formula is C23H27N3O. The lowest BCUT2D eigenvalue weighted by atomic mass is 10.1. The molecule has 1 saturated heterocycles. The lowest BCUT2D eigenvalue weighted by molar-refractivity contribution is -0.117. The number of hydrogen-bond donors (Lipinski definition) is 0. The molecule has 2 aromatic carbocycles. The standard InChI is InChI=1S/C23H27N3O/c1-4-16(2)14-26-21-11-6-5-10-20(21)24-23(26)18-13-22(27)25(15-18)19-9-7-8-17(3)12-19/h5-12,16,18H,4,13-15H2,1-3H3/t16-,18+/m1/s1. The number of rotatable bonds is 5. The molecule has 140 valence electrons. The van der Waals surface area contributed by atoms with E-state index in [9.17, 15) is 4.79 Å². The molecule has 0 aliphatic carbocycles.